The zero-order valence-electron chi connectivity index (χ0n) is 15.0. The van der Waals surface area contributed by atoms with Gasteiger partial charge in [-0.25, -0.2) is 0 Å². The van der Waals surface area contributed by atoms with E-state index in [2.05, 4.69) is 46.3 Å². The van der Waals surface area contributed by atoms with Crippen LogP contribution in [-0.2, 0) is 6.42 Å². The van der Waals surface area contributed by atoms with Crippen LogP contribution in [0.4, 0.5) is 0 Å². The van der Waals surface area contributed by atoms with Gasteiger partial charge in [-0.2, -0.15) is 5.26 Å². The van der Waals surface area contributed by atoms with Crippen molar-refractivity contribution in [2.24, 2.45) is 4.99 Å². The molecule has 28 heavy (non-hydrogen) atoms. The van der Waals surface area contributed by atoms with Crippen LogP contribution in [0.2, 0.25) is 0 Å². The maximum absolute atomic E-state index is 9.78. The molecule has 1 atom stereocenters. The fourth-order valence-electron chi connectivity index (χ4n) is 3.19. The van der Waals surface area contributed by atoms with Gasteiger partial charge in [-0.3, -0.25) is 4.99 Å². The molecule has 1 heterocycles. The van der Waals surface area contributed by atoms with Crippen molar-refractivity contribution in [1.29, 1.82) is 5.26 Å². The zero-order valence-corrected chi connectivity index (χ0v) is 17.5. The first-order chi connectivity index (χ1) is 13.7. The molecule has 4 rings (SSSR count). The second kappa shape index (κ2) is 8.52. The van der Waals surface area contributed by atoms with Gasteiger partial charge >= 0.3 is 0 Å². The van der Waals surface area contributed by atoms with E-state index in [0.29, 0.717) is 6.42 Å². The number of benzene rings is 3. The summed E-state index contributed by atoms with van der Waals surface area (Å²) in [4.78, 5) is 4.86. The minimum Gasteiger partial charge on any atom is -0.265 e. The topological polar surface area (TPSA) is 36.1 Å². The van der Waals surface area contributed by atoms with Crippen LogP contribution in [0.5, 0.6) is 0 Å². The summed E-state index contributed by atoms with van der Waals surface area (Å²) < 4.78 is 2.35. The minimum absolute atomic E-state index is 0.449. The largest absolute Gasteiger partial charge is 0.265 e. The Bertz CT molecular complexity index is 1120. The third-order valence-corrected chi connectivity index (χ3v) is 6.13. The smallest absolute Gasteiger partial charge is 0.141 e. The van der Waals surface area contributed by atoms with Crippen LogP contribution < -0.4 is 0 Å². The first-order valence-electron chi connectivity index (χ1n) is 8.99. The Morgan fingerprint density at radius 1 is 0.929 bits per heavy atom. The van der Waals surface area contributed by atoms with Gasteiger partial charge in [0.25, 0.3) is 0 Å². The SMILES string of the molecule is N#CC(Cc1ccc2sc(Br)cc2c1)N=C(c1ccccc1)c1ccccc1. The van der Waals surface area contributed by atoms with E-state index in [4.69, 9.17) is 4.99 Å². The number of rotatable bonds is 5. The highest BCUT2D eigenvalue weighted by Crippen LogP contribution is 2.30. The predicted molar refractivity (Wildman–Crippen MR) is 121 cm³/mol. The molecule has 0 saturated heterocycles. The van der Waals surface area contributed by atoms with Crippen molar-refractivity contribution in [3.05, 3.63) is 105 Å². The zero-order chi connectivity index (χ0) is 19.3. The summed E-state index contributed by atoms with van der Waals surface area (Å²) in [6.45, 7) is 0. The van der Waals surface area contributed by atoms with Crippen molar-refractivity contribution >= 4 is 43.1 Å². The van der Waals surface area contributed by atoms with Crippen LogP contribution >= 0.6 is 27.3 Å². The minimum atomic E-state index is -0.449. The molecule has 0 aliphatic carbocycles. The normalized spacial score (nSPS) is 11.7. The first-order valence-corrected chi connectivity index (χ1v) is 10.6. The standard InChI is InChI=1S/C24H17BrN2S/c25-23-15-20-13-17(11-12-22(20)28-23)14-21(16-26)27-24(18-7-3-1-4-8-18)19-9-5-2-6-10-19/h1-13,15,21H,14H2. The highest BCUT2D eigenvalue weighted by atomic mass is 79.9. The average molecular weight is 445 g/mol. The molecule has 3 aromatic carbocycles. The van der Waals surface area contributed by atoms with Crippen LogP contribution in [-0.4, -0.2) is 11.8 Å². The maximum Gasteiger partial charge on any atom is 0.141 e. The molecule has 0 aliphatic heterocycles. The molecule has 0 N–H and O–H groups in total. The van der Waals surface area contributed by atoms with Crippen LogP contribution in [0, 0.1) is 11.3 Å². The van der Waals surface area contributed by atoms with Gasteiger partial charge in [0.15, 0.2) is 0 Å². The average Bonchev–Trinajstić information content (AvgIpc) is 3.11. The Hall–Kier alpha value is -2.74. The van der Waals surface area contributed by atoms with E-state index in [-0.39, 0.29) is 0 Å². The van der Waals surface area contributed by atoms with Crippen LogP contribution in [0.25, 0.3) is 10.1 Å². The van der Waals surface area contributed by atoms with Gasteiger partial charge in [-0.1, -0.05) is 72.8 Å². The van der Waals surface area contributed by atoms with Gasteiger partial charge < -0.3 is 0 Å². The summed E-state index contributed by atoms with van der Waals surface area (Å²) in [7, 11) is 0. The molecule has 0 bridgehead atoms. The number of nitriles is 1. The molecular weight excluding hydrogens is 428 g/mol. The monoisotopic (exact) mass is 444 g/mol. The molecule has 0 saturated carbocycles. The number of thiophene rings is 1. The van der Waals surface area contributed by atoms with E-state index in [1.807, 2.05) is 60.7 Å². The number of hydrogen-bond donors (Lipinski definition) is 0. The summed E-state index contributed by atoms with van der Waals surface area (Å²) in [6, 6.07) is 30.5. The first kappa shape index (κ1) is 18.6. The van der Waals surface area contributed by atoms with Crippen LogP contribution in [0.3, 0.4) is 0 Å². The van der Waals surface area contributed by atoms with E-state index in [0.717, 1.165) is 26.2 Å². The fourth-order valence-corrected chi connectivity index (χ4v) is 4.73. The predicted octanol–water partition coefficient (Wildman–Crippen LogP) is 6.64. The summed E-state index contributed by atoms with van der Waals surface area (Å²) >= 11 is 5.26. The maximum atomic E-state index is 9.78. The molecule has 0 spiro atoms. The van der Waals surface area contributed by atoms with E-state index in [9.17, 15) is 5.26 Å². The van der Waals surface area contributed by atoms with Gasteiger partial charge in [0.05, 0.1) is 15.6 Å². The molecule has 136 valence electrons. The molecular formula is C24H17BrN2S. The van der Waals surface area contributed by atoms with Crippen LogP contribution in [0.15, 0.2) is 93.7 Å². The summed E-state index contributed by atoms with van der Waals surface area (Å²) in [6.07, 6.45) is 0.586. The molecule has 0 aliphatic rings. The number of fused-ring (bicyclic) bond motifs is 1. The van der Waals surface area contributed by atoms with Crippen LogP contribution in [0.1, 0.15) is 16.7 Å². The lowest BCUT2D eigenvalue weighted by Crippen LogP contribution is -2.12. The molecule has 4 heteroatoms. The van der Waals surface area contributed by atoms with Gasteiger partial charge in [-0.05, 0) is 39.0 Å². The van der Waals surface area contributed by atoms with Crippen molar-refractivity contribution in [3.8, 4) is 6.07 Å². The molecule has 0 fully saturated rings. The third kappa shape index (κ3) is 4.22. The Kier molecular flexibility index (Phi) is 5.66. The van der Waals surface area contributed by atoms with Gasteiger partial charge in [0, 0.05) is 22.2 Å². The number of hydrogen-bond acceptors (Lipinski definition) is 3. The summed E-state index contributed by atoms with van der Waals surface area (Å²) in [5.74, 6) is 0. The van der Waals surface area contributed by atoms with Crippen molar-refractivity contribution in [3.63, 3.8) is 0 Å². The molecule has 1 aromatic heterocycles. The molecule has 1 unspecified atom stereocenters. The van der Waals surface area contributed by atoms with Gasteiger partial charge in [0.1, 0.15) is 6.04 Å². The second-order valence-corrected chi connectivity index (χ2v) is 8.94. The third-order valence-electron chi connectivity index (χ3n) is 4.51. The quantitative estimate of drug-likeness (QED) is 0.318. The van der Waals surface area contributed by atoms with E-state index in [1.165, 1.54) is 10.1 Å². The summed E-state index contributed by atoms with van der Waals surface area (Å²) in [5, 5.41) is 11.0. The Morgan fingerprint density at radius 3 is 2.18 bits per heavy atom. The lowest BCUT2D eigenvalue weighted by molar-refractivity contribution is 0.826. The Balaban J connectivity index is 1.69. The fraction of sp³-hybridized carbons (Fsp3) is 0.0833. The number of halogens is 1. The highest BCUT2D eigenvalue weighted by Gasteiger charge is 2.13. The molecule has 4 aromatic rings. The van der Waals surface area contributed by atoms with E-state index >= 15 is 0 Å². The summed E-state index contributed by atoms with van der Waals surface area (Å²) in [5.41, 5.74) is 4.01. The molecule has 0 radical (unpaired) electrons. The number of nitrogens with zero attached hydrogens (tertiary/aromatic N) is 2. The Morgan fingerprint density at radius 2 is 1.57 bits per heavy atom. The van der Waals surface area contributed by atoms with E-state index in [1.54, 1.807) is 11.3 Å². The van der Waals surface area contributed by atoms with Gasteiger partial charge in [0.2, 0.25) is 0 Å². The molecule has 2 nitrogen and oxygen atoms in total. The van der Waals surface area contributed by atoms with Crippen molar-refractivity contribution in [2.45, 2.75) is 12.5 Å². The highest BCUT2D eigenvalue weighted by molar-refractivity contribution is 9.11. The van der Waals surface area contributed by atoms with E-state index < -0.39 is 6.04 Å². The van der Waals surface area contributed by atoms with Gasteiger partial charge in [-0.15, -0.1) is 11.3 Å². The lowest BCUT2D eigenvalue weighted by atomic mass is 10.0. The molecule has 0 amide bonds. The van der Waals surface area contributed by atoms with Crippen molar-refractivity contribution in [2.75, 3.05) is 0 Å². The Labute approximate surface area is 176 Å². The van der Waals surface area contributed by atoms with Crippen molar-refractivity contribution < 1.29 is 0 Å². The van der Waals surface area contributed by atoms with Crippen molar-refractivity contribution in [1.82, 2.24) is 0 Å². The number of aliphatic imine (C=N–C) groups is 1. The second-order valence-electron chi connectivity index (χ2n) is 6.48. The lowest BCUT2D eigenvalue weighted by Gasteiger charge is -2.11.